The summed E-state index contributed by atoms with van der Waals surface area (Å²) < 4.78 is 50.3. The molecule has 0 unspecified atom stereocenters. The van der Waals surface area contributed by atoms with Crippen LogP contribution in [0.15, 0.2) is 54.4 Å². The van der Waals surface area contributed by atoms with Crippen molar-refractivity contribution < 1.29 is 22.2 Å². The van der Waals surface area contributed by atoms with Crippen LogP contribution >= 0.6 is 0 Å². The Kier molecular flexibility index (Phi) is 2.82. The van der Waals surface area contributed by atoms with Gasteiger partial charge < -0.3 is 22.3 Å². The molecular formula is C16H12BF3N2O. The van der Waals surface area contributed by atoms with E-state index in [0.29, 0.717) is 28.3 Å². The van der Waals surface area contributed by atoms with Crippen molar-refractivity contribution in [2.24, 2.45) is 0 Å². The van der Waals surface area contributed by atoms with Gasteiger partial charge in [0.2, 0.25) is 0 Å². The predicted molar refractivity (Wildman–Crippen MR) is 82.2 cm³/mol. The van der Waals surface area contributed by atoms with Crippen molar-refractivity contribution in [3.05, 3.63) is 71.5 Å². The number of allylic oxidation sites excluding steroid dienone is 2. The van der Waals surface area contributed by atoms with Gasteiger partial charge in [-0.15, -0.1) is 0 Å². The second-order valence-corrected chi connectivity index (χ2v) is 5.41. The summed E-state index contributed by atoms with van der Waals surface area (Å²) in [4.78, 5) is 0. The lowest BCUT2D eigenvalue weighted by molar-refractivity contribution is -0.356. The molecule has 3 nitrogen and oxygen atoms in total. The van der Waals surface area contributed by atoms with Crippen molar-refractivity contribution in [3.63, 3.8) is 0 Å². The minimum absolute atomic E-state index is 0.338. The summed E-state index contributed by atoms with van der Waals surface area (Å²) in [6.07, 6.45) is 5.84. The lowest BCUT2D eigenvalue weighted by Gasteiger charge is -2.31. The van der Waals surface area contributed by atoms with Crippen LogP contribution in [0.4, 0.5) is 13.0 Å². The Balaban J connectivity index is 2.08. The summed E-state index contributed by atoms with van der Waals surface area (Å²) in [6.45, 7) is -3.96. The molecule has 4 rings (SSSR count). The second kappa shape index (κ2) is 4.65. The Morgan fingerprint density at radius 1 is 1.22 bits per heavy atom. The van der Waals surface area contributed by atoms with Gasteiger partial charge in [0.05, 0.1) is 12.7 Å². The lowest BCUT2D eigenvalue weighted by atomic mass is 9.86. The summed E-state index contributed by atoms with van der Waals surface area (Å²) >= 11 is 0. The Labute approximate surface area is 130 Å². The van der Waals surface area contributed by atoms with Gasteiger partial charge in [-0.3, -0.25) is 0 Å². The van der Waals surface area contributed by atoms with Crippen LogP contribution < -0.4 is 4.74 Å². The normalized spacial score (nSPS) is 17.8. The van der Waals surface area contributed by atoms with Gasteiger partial charge in [0.1, 0.15) is 17.8 Å². The molecule has 2 aliphatic rings. The standard InChI is InChI=1S/C16H12BF3N2O/c1-23-15-7-6-11(18)10-12(15)16-13-4-2-8-21(13)17(19,20)22-9-3-5-14(16)22/h2-10H,1H3. The number of hydrogen-bond acceptors (Lipinski definition) is 1. The SMILES string of the molecule is COc1ccc(F)cc1C1=C2C=CC=[N+]2[B-](F)(F)n2cccc21. The molecule has 116 valence electrons. The van der Waals surface area contributed by atoms with Crippen molar-refractivity contribution in [1.82, 2.24) is 4.48 Å². The fraction of sp³-hybridized carbons (Fsp3) is 0.0625. The van der Waals surface area contributed by atoms with Gasteiger partial charge in [-0.1, -0.05) is 0 Å². The van der Waals surface area contributed by atoms with E-state index in [4.69, 9.17) is 4.74 Å². The van der Waals surface area contributed by atoms with E-state index in [1.807, 2.05) is 0 Å². The van der Waals surface area contributed by atoms with E-state index in [0.717, 1.165) is 8.96 Å². The molecule has 0 radical (unpaired) electrons. The van der Waals surface area contributed by atoms with Crippen molar-refractivity contribution in [2.75, 3.05) is 7.11 Å². The molecule has 0 N–H and O–H groups in total. The lowest BCUT2D eigenvalue weighted by Crippen LogP contribution is -2.49. The number of aromatic nitrogens is 1. The number of halogens is 3. The van der Waals surface area contributed by atoms with Crippen LogP contribution in [0.25, 0.3) is 5.57 Å². The summed E-state index contributed by atoms with van der Waals surface area (Å²) in [6, 6.07) is 7.24. The third-order valence-corrected chi connectivity index (χ3v) is 4.17. The van der Waals surface area contributed by atoms with Crippen molar-refractivity contribution in [2.45, 2.75) is 0 Å². The van der Waals surface area contributed by atoms with Gasteiger partial charge in [0, 0.05) is 23.4 Å². The topological polar surface area (TPSA) is 17.2 Å². The first-order valence-electron chi connectivity index (χ1n) is 7.12. The Bertz CT molecular complexity index is 912. The number of rotatable bonds is 2. The zero-order valence-corrected chi connectivity index (χ0v) is 12.2. The van der Waals surface area contributed by atoms with Crippen LogP contribution in [0.5, 0.6) is 5.75 Å². The molecule has 1 aromatic heterocycles. The minimum atomic E-state index is -3.96. The molecule has 7 heteroatoms. The van der Waals surface area contributed by atoms with Gasteiger partial charge in [-0.2, -0.15) is 0 Å². The minimum Gasteiger partial charge on any atom is -0.496 e. The average molecular weight is 316 g/mol. The molecule has 3 heterocycles. The summed E-state index contributed by atoms with van der Waals surface area (Å²) in [5, 5.41) is 0. The molecule has 2 aliphatic heterocycles. The van der Waals surface area contributed by atoms with Gasteiger partial charge in [0.15, 0.2) is 5.70 Å². The molecule has 23 heavy (non-hydrogen) atoms. The van der Waals surface area contributed by atoms with Crippen LogP contribution in [0, 0.1) is 5.82 Å². The van der Waals surface area contributed by atoms with Gasteiger partial charge >= 0.3 is 6.97 Å². The van der Waals surface area contributed by atoms with E-state index in [1.54, 1.807) is 24.3 Å². The fourth-order valence-electron chi connectivity index (χ4n) is 3.17. The van der Waals surface area contributed by atoms with Gasteiger partial charge in [0.25, 0.3) is 0 Å². The summed E-state index contributed by atoms with van der Waals surface area (Å²) in [5.41, 5.74) is 1.64. The van der Waals surface area contributed by atoms with E-state index < -0.39 is 12.8 Å². The van der Waals surface area contributed by atoms with Crippen LogP contribution in [-0.2, 0) is 0 Å². The van der Waals surface area contributed by atoms with Crippen molar-refractivity contribution >= 4 is 18.8 Å². The molecule has 0 aliphatic carbocycles. The number of fused-ring (bicyclic) bond motifs is 2. The second-order valence-electron chi connectivity index (χ2n) is 5.41. The van der Waals surface area contributed by atoms with Crippen LogP contribution in [0.1, 0.15) is 11.3 Å². The van der Waals surface area contributed by atoms with E-state index in [2.05, 4.69) is 0 Å². The van der Waals surface area contributed by atoms with E-state index >= 15 is 0 Å². The molecule has 0 saturated heterocycles. The molecule has 0 fully saturated rings. The van der Waals surface area contributed by atoms with Crippen molar-refractivity contribution in [3.8, 4) is 5.75 Å². The molecule has 0 saturated carbocycles. The molecule has 1 aromatic carbocycles. The molecular weight excluding hydrogens is 304 g/mol. The zero-order chi connectivity index (χ0) is 16.2. The van der Waals surface area contributed by atoms with E-state index in [9.17, 15) is 13.0 Å². The molecule has 0 bridgehead atoms. The smallest absolute Gasteiger partial charge is 0.496 e. The highest BCUT2D eigenvalue weighted by Gasteiger charge is 2.51. The fourth-order valence-corrected chi connectivity index (χ4v) is 3.17. The van der Waals surface area contributed by atoms with E-state index in [-0.39, 0.29) is 0 Å². The molecule has 0 spiro atoms. The summed E-state index contributed by atoms with van der Waals surface area (Å²) in [5.74, 6) is -0.0213. The largest absolute Gasteiger partial charge is 0.737 e. The number of nitrogens with zero attached hydrogens (tertiary/aromatic N) is 2. The zero-order valence-electron chi connectivity index (χ0n) is 12.2. The van der Waals surface area contributed by atoms with Crippen LogP contribution in [-0.4, -0.2) is 29.3 Å². The highest BCUT2D eigenvalue weighted by molar-refractivity contribution is 6.57. The molecule has 0 amide bonds. The third kappa shape index (κ3) is 1.82. The highest BCUT2D eigenvalue weighted by atomic mass is 19.2. The highest BCUT2D eigenvalue weighted by Crippen LogP contribution is 2.41. The van der Waals surface area contributed by atoms with E-state index in [1.165, 1.54) is 37.7 Å². The first kappa shape index (κ1) is 13.9. The predicted octanol–water partition coefficient (Wildman–Crippen LogP) is 3.28. The van der Waals surface area contributed by atoms with Gasteiger partial charge in [-0.05, 0) is 36.5 Å². The van der Waals surface area contributed by atoms with Crippen LogP contribution in [0.3, 0.4) is 0 Å². The Hall–Kier alpha value is -2.70. The number of benzene rings is 1. The molecule has 0 atom stereocenters. The van der Waals surface area contributed by atoms with Gasteiger partial charge in [-0.25, -0.2) is 4.39 Å². The average Bonchev–Trinajstić information content (AvgIpc) is 3.17. The quantitative estimate of drug-likeness (QED) is 0.777. The maximum absolute atomic E-state index is 14.7. The monoisotopic (exact) mass is 316 g/mol. The third-order valence-electron chi connectivity index (χ3n) is 4.17. The Morgan fingerprint density at radius 3 is 2.83 bits per heavy atom. The summed E-state index contributed by atoms with van der Waals surface area (Å²) in [7, 11) is 1.47. The van der Waals surface area contributed by atoms with Crippen molar-refractivity contribution in [1.29, 1.82) is 0 Å². The number of methoxy groups -OCH3 is 1. The first-order valence-corrected chi connectivity index (χ1v) is 7.12. The first-order chi connectivity index (χ1) is 11.0. The maximum Gasteiger partial charge on any atom is 0.737 e. The number of ether oxygens (including phenoxy) is 1. The van der Waals surface area contributed by atoms with Crippen LogP contribution in [0.2, 0.25) is 0 Å². The Morgan fingerprint density at radius 2 is 2.04 bits per heavy atom. The maximum atomic E-state index is 14.7. The molecule has 2 aromatic rings. The number of hydrogen-bond donors (Lipinski definition) is 0.